The summed E-state index contributed by atoms with van der Waals surface area (Å²) in [5.41, 5.74) is 1.96. The Kier molecular flexibility index (Phi) is 5.46. The van der Waals surface area contributed by atoms with E-state index in [0.717, 1.165) is 5.56 Å². The molecule has 144 valence electrons. The van der Waals surface area contributed by atoms with Gasteiger partial charge in [0, 0.05) is 22.0 Å². The van der Waals surface area contributed by atoms with Gasteiger partial charge in [-0.3, -0.25) is 9.59 Å². The van der Waals surface area contributed by atoms with Crippen molar-refractivity contribution in [3.63, 3.8) is 0 Å². The fourth-order valence-corrected chi connectivity index (χ4v) is 3.44. The first-order valence-electron chi connectivity index (χ1n) is 8.70. The third-order valence-corrected chi connectivity index (χ3v) is 5.20. The second-order valence-electron chi connectivity index (χ2n) is 6.14. The summed E-state index contributed by atoms with van der Waals surface area (Å²) in [7, 11) is 0. The Hall–Kier alpha value is -3.35. The minimum absolute atomic E-state index is 0.183. The molecule has 0 aliphatic carbocycles. The van der Waals surface area contributed by atoms with Crippen LogP contribution in [0.2, 0.25) is 5.02 Å². The van der Waals surface area contributed by atoms with E-state index in [9.17, 15) is 9.59 Å². The molecule has 0 unspecified atom stereocenters. The fourth-order valence-electron chi connectivity index (χ4n) is 2.70. The lowest BCUT2D eigenvalue weighted by Gasteiger charge is -2.07. The molecule has 29 heavy (non-hydrogen) atoms. The Morgan fingerprint density at radius 3 is 2.24 bits per heavy atom. The number of carbonyl (C=O) groups excluding carboxylic acids is 2. The number of hydrogen-bond acceptors (Lipinski definition) is 4. The van der Waals surface area contributed by atoms with E-state index in [1.54, 1.807) is 54.6 Å². The zero-order valence-corrected chi connectivity index (χ0v) is 16.6. The second-order valence-corrected chi connectivity index (χ2v) is 7.52. The van der Waals surface area contributed by atoms with Crippen LogP contribution in [0.5, 0.6) is 0 Å². The van der Waals surface area contributed by atoms with Crippen molar-refractivity contribution in [1.82, 2.24) is 0 Å². The van der Waals surface area contributed by atoms with Gasteiger partial charge in [-0.25, -0.2) is 0 Å². The maximum Gasteiger partial charge on any atom is 0.291 e. The van der Waals surface area contributed by atoms with Gasteiger partial charge in [0.15, 0.2) is 5.76 Å². The SMILES string of the molecule is O=C(Nc1cccc(NC(=O)c2cccs2)c1)c1ccc(-c2ccc(Cl)cc2)o1. The van der Waals surface area contributed by atoms with Crippen molar-refractivity contribution < 1.29 is 14.0 Å². The van der Waals surface area contributed by atoms with Crippen molar-refractivity contribution in [1.29, 1.82) is 0 Å². The van der Waals surface area contributed by atoms with E-state index in [0.29, 0.717) is 27.0 Å². The van der Waals surface area contributed by atoms with Gasteiger partial charge >= 0.3 is 0 Å². The number of anilines is 2. The van der Waals surface area contributed by atoms with E-state index in [-0.39, 0.29) is 17.6 Å². The van der Waals surface area contributed by atoms with Crippen LogP contribution in [0.1, 0.15) is 20.2 Å². The summed E-state index contributed by atoms with van der Waals surface area (Å²) in [6.07, 6.45) is 0. The van der Waals surface area contributed by atoms with Gasteiger partial charge in [-0.1, -0.05) is 23.7 Å². The molecular weight excluding hydrogens is 408 g/mol. The number of furan rings is 1. The molecule has 0 aliphatic rings. The standard InChI is InChI=1S/C22H15ClN2O3S/c23-15-8-6-14(7-9-15)18-10-11-19(28-18)21(26)24-16-3-1-4-17(13-16)25-22(27)20-5-2-12-29-20/h1-13H,(H,24,26)(H,25,27). The third-order valence-electron chi connectivity index (χ3n) is 4.08. The molecule has 4 aromatic rings. The molecular formula is C22H15ClN2O3S. The van der Waals surface area contributed by atoms with E-state index >= 15 is 0 Å². The van der Waals surface area contributed by atoms with Crippen LogP contribution in [-0.4, -0.2) is 11.8 Å². The highest BCUT2D eigenvalue weighted by atomic mass is 35.5. The van der Waals surface area contributed by atoms with Crippen molar-refractivity contribution in [2.75, 3.05) is 10.6 Å². The van der Waals surface area contributed by atoms with Crippen molar-refractivity contribution in [2.24, 2.45) is 0 Å². The molecule has 0 radical (unpaired) electrons. The number of amides is 2. The smallest absolute Gasteiger partial charge is 0.291 e. The lowest BCUT2D eigenvalue weighted by atomic mass is 10.2. The lowest BCUT2D eigenvalue weighted by Crippen LogP contribution is -2.12. The van der Waals surface area contributed by atoms with Gasteiger partial charge in [0.2, 0.25) is 0 Å². The highest BCUT2D eigenvalue weighted by Crippen LogP contribution is 2.25. The topological polar surface area (TPSA) is 71.3 Å². The molecule has 2 amide bonds. The summed E-state index contributed by atoms with van der Waals surface area (Å²) in [4.78, 5) is 25.3. The molecule has 4 rings (SSSR count). The Labute approximate surface area is 175 Å². The molecule has 0 aliphatic heterocycles. The minimum atomic E-state index is -0.382. The maximum absolute atomic E-state index is 12.5. The van der Waals surface area contributed by atoms with E-state index in [1.807, 2.05) is 23.6 Å². The molecule has 0 saturated heterocycles. The molecule has 2 heterocycles. The molecule has 2 aromatic carbocycles. The van der Waals surface area contributed by atoms with Gasteiger partial charge in [0.1, 0.15) is 5.76 Å². The average Bonchev–Trinajstić information content (AvgIpc) is 3.41. The van der Waals surface area contributed by atoms with Crippen molar-refractivity contribution >= 4 is 46.1 Å². The zero-order chi connectivity index (χ0) is 20.2. The first kappa shape index (κ1) is 19.0. The Balaban J connectivity index is 1.45. The molecule has 0 atom stereocenters. The van der Waals surface area contributed by atoms with Crippen LogP contribution in [0.3, 0.4) is 0 Å². The maximum atomic E-state index is 12.5. The van der Waals surface area contributed by atoms with Crippen molar-refractivity contribution in [2.45, 2.75) is 0 Å². The fraction of sp³-hybridized carbons (Fsp3) is 0. The van der Waals surface area contributed by atoms with E-state index in [2.05, 4.69) is 10.6 Å². The van der Waals surface area contributed by atoms with Crippen LogP contribution in [0, 0.1) is 0 Å². The van der Waals surface area contributed by atoms with Gasteiger partial charge in [-0.2, -0.15) is 0 Å². The first-order chi connectivity index (χ1) is 14.1. The Bertz CT molecular complexity index is 1150. The van der Waals surface area contributed by atoms with E-state index < -0.39 is 0 Å². The monoisotopic (exact) mass is 422 g/mol. The van der Waals surface area contributed by atoms with Crippen LogP contribution in [0.4, 0.5) is 11.4 Å². The molecule has 0 saturated carbocycles. The van der Waals surface area contributed by atoms with Crippen LogP contribution in [-0.2, 0) is 0 Å². The quantitative estimate of drug-likeness (QED) is 0.404. The average molecular weight is 423 g/mol. The van der Waals surface area contributed by atoms with Gasteiger partial charge in [0.05, 0.1) is 4.88 Å². The largest absolute Gasteiger partial charge is 0.451 e. The molecule has 0 bridgehead atoms. The normalized spacial score (nSPS) is 10.5. The minimum Gasteiger partial charge on any atom is -0.451 e. The summed E-state index contributed by atoms with van der Waals surface area (Å²) in [6, 6.07) is 21.0. The number of nitrogens with one attached hydrogen (secondary N) is 2. The summed E-state index contributed by atoms with van der Waals surface area (Å²) >= 11 is 7.26. The first-order valence-corrected chi connectivity index (χ1v) is 9.96. The molecule has 2 aromatic heterocycles. The number of carbonyl (C=O) groups is 2. The highest BCUT2D eigenvalue weighted by molar-refractivity contribution is 7.12. The number of rotatable bonds is 5. The zero-order valence-electron chi connectivity index (χ0n) is 15.0. The Morgan fingerprint density at radius 2 is 1.55 bits per heavy atom. The second kappa shape index (κ2) is 8.34. The summed E-state index contributed by atoms with van der Waals surface area (Å²) < 4.78 is 5.66. The van der Waals surface area contributed by atoms with Crippen molar-refractivity contribution in [3.8, 4) is 11.3 Å². The van der Waals surface area contributed by atoms with Gasteiger partial charge in [-0.05, 0) is 66.0 Å². The third kappa shape index (κ3) is 4.56. The summed E-state index contributed by atoms with van der Waals surface area (Å²) in [5.74, 6) is 0.181. The number of benzene rings is 2. The predicted molar refractivity (Wildman–Crippen MR) is 116 cm³/mol. The van der Waals surface area contributed by atoms with Crippen LogP contribution in [0.25, 0.3) is 11.3 Å². The summed E-state index contributed by atoms with van der Waals surface area (Å²) in [6.45, 7) is 0. The summed E-state index contributed by atoms with van der Waals surface area (Å²) in [5, 5.41) is 8.06. The van der Waals surface area contributed by atoms with Crippen LogP contribution >= 0.6 is 22.9 Å². The van der Waals surface area contributed by atoms with Gasteiger partial charge in [-0.15, -0.1) is 11.3 Å². The molecule has 7 heteroatoms. The van der Waals surface area contributed by atoms with E-state index in [4.69, 9.17) is 16.0 Å². The number of hydrogen-bond donors (Lipinski definition) is 2. The predicted octanol–water partition coefficient (Wildman–Crippen LogP) is 6.17. The van der Waals surface area contributed by atoms with E-state index in [1.165, 1.54) is 11.3 Å². The molecule has 2 N–H and O–H groups in total. The van der Waals surface area contributed by atoms with Gasteiger partial charge < -0.3 is 15.1 Å². The Morgan fingerprint density at radius 1 is 0.828 bits per heavy atom. The highest BCUT2D eigenvalue weighted by Gasteiger charge is 2.13. The number of halogens is 1. The van der Waals surface area contributed by atoms with Crippen molar-refractivity contribution in [3.05, 3.63) is 93.8 Å². The van der Waals surface area contributed by atoms with Gasteiger partial charge in [0.25, 0.3) is 11.8 Å². The van der Waals surface area contributed by atoms with Crippen LogP contribution < -0.4 is 10.6 Å². The lowest BCUT2D eigenvalue weighted by molar-refractivity contribution is 0.0996. The molecule has 5 nitrogen and oxygen atoms in total. The number of thiophene rings is 1. The van der Waals surface area contributed by atoms with Crippen LogP contribution in [0.15, 0.2) is 82.6 Å². The molecule has 0 fully saturated rings. The molecule has 0 spiro atoms.